The lowest BCUT2D eigenvalue weighted by molar-refractivity contribution is -0.137. The van der Waals surface area contributed by atoms with Gasteiger partial charge in [-0.2, -0.15) is 0 Å². The van der Waals surface area contributed by atoms with Gasteiger partial charge in [-0.3, -0.25) is 9.59 Å². The molecule has 0 radical (unpaired) electrons. The zero-order valence-electron chi connectivity index (χ0n) is 17.9. The van der Waals surface area contributed by atoms with Crippen molar-refractivity contribution in [2.75, 3.05) is 59.7 Å². The Balaban J connectivity index is 3.86. The van der Waals surface area contributed by atoms with E-state index < -0.39 is 11.8 Å². The summed E-state index contributed by atoms with van der Waals surface area (Å²) in [6.07, 6.45) is -0.741. The number of alkyl halides is 1. The zero-order chi connectivity index (χ0) is 21.4. The van der Waals surface area contributed by atoms with Crippen LogP contribution in [0.5, 0.6) is 0 Å². The largest absolute Gasteiger partial charge is 0.378 e. The second-order valence-corrected chi connectivity index (χ2v) is 7.09. The molecule has 166 valence electrons. The molecule has 0 saturated carbocycles. The van der Waals surface area contributed by atoms with Gasteiger partial charge in [-0.1, -0.05) is 13.8 Å². The smallest absolute Gasteiger partial charge is 0.246 e. The molecule has 0 bridgehead atoms. The van der Waals surface area contributed by atoms with Crippen LogP contribution in [0.4, 0.5) is 4.39 Å². The quantitative estimate of drug-likeness (QED) is 0.306. The molecule has 0 aliphatic rings. The molecule has 8 nitrogen and oxygen atoms in total. The maximum atomic E-state index is 14.4. The van der Waals surface area contributed by atoms with Crippen molar-refractivity contribution in [2.45, 2.75) is 45.9 Å². The highest BCUT2D eigenvalue weighted by Gasteiger charge is 2.31. The molecule has 0 aromatic rings. The molecule has 28 heavy (non-hydrogen) atoms. The highest BCUT2D eigenvalue weighted by Crippen LogP contribution is 2.17. The van der Waals surface area contributed by atoms with E-state index in [0.717, 1.165) is 6.54 Å². The number of hydrogen-bond acceptors (Lipinski definition) is 6. The number of halogens is 1. The monoisotopic (exact) mass is 407 g/mol. The van der Waals surface area contributed by atoms with Crippen LogP contribution >= 0.6 is 0 Å². The fourth-order valence-corrected chi connectivity index (χ4v) is 1.95. The lowest BCUT2D eigenvalue weighted by atomic mass is 10.0. The number of carbonyl (C=O) groups excluding carboxylic acids is 2. The molecule has 9 heteroatoms. The van der Waals surface area contributed by atoms with E-state index in [2.05, 4.69) is 16.0 Å². The van der Waals surface area contributed by atoms with Crippen molar-refractivity contribution < 1.29 is 28.2 Å². The fraction of sp³-hybridized carbons (Fsp3) is 0.895. The third-order valence-corrected chi connectivity index (χ3v) is 4.28. The van der Waals surface area contributed by atoms with Gasteiger partial charge in [-0.05, 0) is 27.3 Å². The molecule has 0 aromatic carbocycles. The maximum Gasteiger partial charge on any atom is 0.246 e. The van der Waals surface area contributed by atoms with Crippen molar-refractivity contribution in [3.05, 3.63) is 0 Å². The Morgan fingerprint density at radius 3 is 2.21 bits per heavy atom. The van der Waals surface area contributed by atoms with Gasteiger partial charge in [-0.15, -0.1) is 0 Å². The molecule has 0 saturated heterocycles. The molecule has 0 aliphatic heterocycles. The maximum absolute atomic E-state index is 14.4. The van der Waals surface area contributed by atoms with Crippen LogP contribution in [0.3, 0.4) is 0 Å². The molecule has 0 aromatic heterocycles. The average molecular weight is 408 g/mol. The van der Waals surface area contributed by atoms with Gasteiger partial charge in [0.25, 0.3) is 0 Å². The van der Waals surface area contributed by atoms with E-state index in [0.29, 0.717) is 39.4 Å². The van der Waals surface area contributed by atoms with Crippen LogP contribution in [-0.2, 0) is 23.8 Å². The third-order valence-electron chi connectivity index (χ3n) is 4.28. The Morgan fingerprint density at radius 1 is 1.04 bits per heavy atom. The Labute approximate surface area is 168 Å². The van der Waals surface area contributed by atoms with Crippen LogP contribution in [-0.4, -0.2) is 83.3 Å². The Kier molecular flexibility index (Phi) is 14.9. The fourth-order valence-electron chi connectivity index (χ4n) is 1.95. The van der Waals surface area contributed by atoms with E-state index in [1.165, 1.54) is 0 Å². The highest BCUT2D eigenvalue weighted by atomic mass is 19.1. The van der Waals surface area contributed by atoms with Crippen molar-refractivity contribution >= 4 is 11.8 Å². The number of nitrogens with one attached hydrogen (secondary N) is 3. The highest BCUT2D eigenvalue weighted by molar-refractivity contribution is 5.78. The van der Waals surface area contributed by atoms with Crippen LogP contribution in [0.25, 0.3) is 0 Å². The molecule has 2 unspecified atom stereocenters. The zero-order valence-corrected chi connectivity index (χ0v) is 17.9. The summed E-state index contributed by atoms with van der Waals surface area (Å²) >= 11 is 0. The summed E-state index contributed by atoms with van der Waals surface area (Å²) < 4.78 is 30.4. The molecular formula is C19H38FN3O5. The number of amides is 2. The van der Waals surface area contributed by atoms with Gasteiger partial charge in [0.15, 0.2) is 0 Å². The van der Waals surface area contributed by atoms with Gasteiger partial charge in [0.2, 0.25) is 11.8 Å². The third kappa shape index (κ3) is 13.0. The molecule has 0 fully saturated rings. The van der Waals surface area contributed by atoms with Crippen molar-refractivity contribution in [3.8, 4) is 0 Å². The minimum absolute atomic E-state index is 0.151. The van der Waals surface area contributed by atoms with Gasteiger partial charge >= 0.3 is 0 Å². The molecule has 0 spiro atoms. The van der Waals surface area contributed by atoms with Crippen LogP contribution in [0.2, 0.25) is 0 Å². The molecule has 2 atom stereocenters. The first-order valence-corrected chi connectivity index (χ1v) is 9.87. The normalized spacial score (nSPS) is 13.8. The van der Waals surface area contributed by atoms with Gasteiger partial charge in [-0.25, -0.2) is 4.39 Å². The van der Waals surface area contributed by atoms with Crippen LogP contribution in [0.15, 0.2) is 0 Å². The molecular weight excluding hydrogens is 369 g/mol. The second kappa shape index (κ2) is 15.6. The number of ether oxygens (including phenoxy) is 3. The van der Waals surface area contributed by atoms with Crippen LogP contribution in [0, 0.1) is 5.92 Å². The minimum Gasteiger partial charge on any atom is -0.378 e. The van der Waals surface area contributed by atoms with E-state index in [1.54, 1.807) is 20.8 Å². The van der Waals surface area contributed by atoms with E-state index in [9.17, 15) is 14.0 Å². The van der Waals surface area contributed by atoms with Crippen molar-refractivity contribution in [3.63, 3.8) is 0 Å². The topological polar surface area (TPSA) is 97.9 Å². The lowest BCUT2D eigenvalue weighted by Gasteiger charge is -2.29. The van der Waals surface area contributed by atoms with Gasteiger partial charge in [0, 0.05) is 19.0 Å². The second-order valence-electron chi connectivity index (χ2n) is 7.09. The molecule has 0 rings (SSSR count). The SMILES string of the molecule is CCC(C)C(=O)NCC(F)C(C)(C)OCC(=O)NCCOCCOCCNC. The Morgan fingerprint density at radius 2 is 1.64 bits per heavy atom. The summed E-state index contributed by atoms with van der Waals surface area (Å²) in [4.78, 5) is 23.5. The first kappa shape index (κ1) is 26.7. The minimum atomic E-state index is -1.43. The summed E-state index contributed by atoms with van der Waals surface area (Å²) in [5.74, 6) is -0.701. The summed E-state index contributed by atoms with van der Waals surface area (Å²) in [5.41, 5.74) is -1.19. The van der Waals surface area contributed by atoms with Gasteiger partial charge in [0.1, 0.15) is 12.8 Å². The van der Waals surface area contributed by atoms with E-state index in [1.807, 2.05) is 14.0 Å². The summed E-state index contributed by atoms with van der Waals surface area (Å²) in [5, 5.41) is 8.19. The number of rotatable bonds is 17. The first-order valence-electron chi connectivity index (χ1n) is 9.87. The standard InChI is InChI=1S/C19H38FN3O5/c1-6-15(2)18(25)23-13-16(20)19(3,4)28-14-17(24)22-8-10-27-12-11-26-9-7-21-5/h15-16,21H,6-14H2,1-5H3,(H,22,24)(H,23,25). The number of carbonyl (C=O) groups is 2. The Bertz CT molecular complexity index is 438. The molecule has 0 heterocycles. The summed E-state index contributed by atoms with van der Waals surface area (Å²) in [7, 11) is 1.85. The van der Waals surface area contributed by atoms with E-state index in [-0.39, 0.29) is 30.9 Å². The van der Waals surface area contributed by atoms with Gasteiger partial charge < -0.3 is 30.2 Å². The van der Waals surface area contributed by atoms with E-state index in [4.69, 9.17) is 14.2 Å². The lowest BCUT2D eigenvalue weighted by Crippen LogP contribution is -2.46. The van der Waals surface area contributed by atoms with Crippen LogP contribution < -0.4 is 16.0 Å². The predicted octanol–water partition coefficient (Wildman–Crippen LogP) is 0.651. The first-order chi connectivity index (χ1) is 13.2. The number of hydrogen-bond donors (Lipinski definition) is 3. The van der Waals surface area contributed by atoms with Crippen molar-refractivity contribution in [1.29, 1.82) is 0 Å². The van der Waals surface area contributed by atoms with Crippen LogP contribution in [0.1, 0.15) is 34.1 Å². The summed E-state index contributed by atoms with van der Waals surface area (Å²) in [6.45, 7) is 9.44. The molecule has 3 N–H and O–H groups in total. The van der Waals surface area contributed by atoms with Crippen molar-refractivity contribution in [1.82, 2.24) is 16.0 Å². The number of likely N-dealkylation sites (N-methyl/N-ethyl adjacent to an activating group) is 1. The molecule has 0 aliphatic carbocycles. The van der Waals surface area contributed by atoms with E-state index >= 15 is 0 Å². The predicted molar refractivity (Wildman–Crippen MR) is 106 cm³/mol. The molecule has 2 amide bonds. The average Bonchev–Trinajstić information content (AvgIpc) is 2.68. The Hall–Kier alpha value is -1.29. The van der Waals surface area contributed by atoms with Gasteiger partial charge in [0.05, 0.1) is 38.6 Å². The van der Waals surface area contributed by atoms with Crippen molar-refractivity contribution in [2.24, 2.45) is 5.92 Å². The summed E-state index contributed by atoms with van der Waals surface area (Å²) in [6, 6.07) is 0.